The summed E-state index contributed by atoms with van der Waals surface area (Å²) in [6, 6.07) is 2.63. The van der Waals surface area contributed by atoms with E-state index >= 15 is 0 Å². The van der Waals surface area contributed by atoms with Crippen LogP contribution in [0.4, 0.5) is 0 Å². The van der Waals surface area contributed by atoms with Crippen molar-refractivity contribution in [1.29, 1.82) is 0 Å². The van der Waals surface area contributed by atoms with Gasteiger partial charge in [-0.15, -0.1) is 0 Å². The molecule has 0 saturated carbocycles. The molecule has 0 aromatic heterocycles. The van der Waals surface area contributed by atoms with E-state index < -0.39 is 29.7 Å². The van der Waals surface area contributed by atoms with Crippen molar-refractivity contribution in [3.8, 4) is 5.75 Å². The fourth-order valence-electron chi connectivity index (χ4n) is 3.52. The van der Waals surface area contributed by atoms with Gasteiger partial charge in [0.25, 0.3) is 11.8 Å². The minimum absolute atomic E-state index is 0.322. The number of fused-ring (bicyclic) bond motifs is 3. The van der Waals surface area contributed by atoms with E-state index in [-0.39, 0.29) is 6.10 Å². The Labute approximate surface area is 159 Å². The number of nitrogens with zero attached hydrogens (tertiary/aromatic N) is 1. The van der Waals surface area contributed by atoms with E-state index in [1.54, 1.807) is 40.7 Å². The summed E-state index contributed by atoms with van der Waals surface area (Å²) in [6.45, 7) is 8.51. The fourth-order valence-corrected chi connectivity index (χ4v) is 3.52. The zero-order valence-electron chi connectivity index (χ0n) is 16.5. The monoisotopic (exact) mass is 373 g/mol. The minimum Gasteiger partial charge on any atom is -0.461 e. The van der Waals surface area contributed by atoms with Crippen LogP contribution in [0.1, 0.15) is 62.5 Å². The average Bonchev–Trinajstić information content (AvgIpc) is 2.60. The number of aryl methyl sites for hydroxylation is 1. The van der Waals surface area contributed by atoms with Crippen LogP contribution in [0.5, 0.6) is 5.75 Å². The van der Waals surface area contributed by atoms with E-state index in [1.807, 2.05) is 18.2 Å². The van der Waals surface area contributed by atoms with Crippen LogP contribution in [0.3, 0.4) is 0 Å². The smallest absolute Gasteiger partial charge is 0.329 e. The number of aliphatic hydroxyl groups is 1. The Morgan fingerprint density at radius 2 is 1.96 bits per heavy atom. The van der Waals surface area contributed by atoms with Crippen LogP contribution >= 0.6 is 0 Å². The van der Waals surface area contributed by atoms with E-state index in [2.05, 4.69) is 0 Å². The molecule has 0 spiro atoms. The van der Waals surface area contributed by atoms with Gasteiger partial charge in [-0.25, -0.2) is 4.79 Å². The Morgan fingerprint density at radius 3 is 2.59 bits per heavy atom. The zero-order valence-corrected chi connectivity index (χ0v) is 16.5. The summed E-state index contributed by atoms with van der Waals surface area (Å²) >= 11 is 0. The summed E-state index contributed by atoms with van der Waals surface area (Å²) in [5, 5.41) is 11.3. The van der Waals surface area contributed by atoms with E-state index in [9.17, 15) is 14.7 Å². The minimum atomic E-state index is -1.94. The van der Waals surface area contributed by atoms with Gasteiger partial charge in [0.15, 0.2) is 0 Å². The Morgan fingerprint density at radius 1 is 1.26 bits per heavy atom. The van der Waals surface area contributed by atoms with Crippen molar-refractivity contribution >= 4 is 18.0 Å². The maximum absolute atomic E-state index is 13.3. The van der Waals surface area contributed by atoms with E-state index in [0.717, 1.165) is 28.9 Å². The molecule has 0 fully saturated rings. The van der Waals surface area contributed by atoms with Gasteiger partial charge < -0.3 is 14.6 Å². The third-order valence-corrected chi connectivity index (χ3v) is 5.03. The summed E-state index contributed by atoms with van der Waals surface area (Å²) < 4.78 is 11.3. The molecule has 146 valence electrons. The number of amides is 1. The molecule has 27 heavy (non-hydrogen) atoms. The SMILES string of the molecule is CC(C)OC(=O)C(C)N1C(=O)c2ccc3c(c2OC1(O)C(C)C)C=CCC3. The van der Waals surface area contributed by atoms with E-state index in [0.29, 0.717) is 11.3 Å². The summed E-state index contributed by atoms with van der Waals surface area (Å²) in [6.07, 6.45) is 5.42. The number of esters is 1. The molecule has 2 unspecified atom stereocenters. The van der Waals surface area contributed by atoms with Crippen LogP contribution in [0.2, 0.25) is 0 Å². The molecule has 6 heteroatoms. The highest BCUT2D eigenvalue weighted by molar-refractivity contribution is 6.01. The molecule has 1 aromatic carbocycles. The molecule has 2 atom stereocenters. The second-order valence-corrected chi connectivity index (χ2v) is 7.71. The lowest BCUT2D eigenvalue weighted by molar-refractivity contribution is -0.267. The molecular formula is C21H27NO5. The van der Waals surface area contributed by atoms with Crippen molar-refractivity contribution in [2.75, 3.05) is 0 Å². The topological polar surface area (TPSA) is 76.1 Å². The quantitative estimate of drug-likeness (QED) is 0.821. The number of benzene rings is 1. The summed E-state index contributed by atoms with van der Waals surface area (Å²) in [7, 11) is 0. The summed E-state index contributed by atoms with van der Waals surface area (Å²) in [5.74, 6) is -3.05. The number of rotatable bonds is 4. The third kappa shape index (κ3) is 3.23. The fraction of sp³-hybridized carbons (Fsp3) is 0.524. The van der Waals surface area contributed by atoms with Gasteiger partial charge >= 0.3 is 5.97 Å². The lowest BCUT2D eigenvalue weighted by Crippen LogP contribution is -2.66. The molecule has 1 heterocycles. The van der Waals surface area contributed by atoms with Gasteiger partial charge in [0.2, 0.25) is 0 Å². The van der Waals surface area contributed by atoms with Gasteiger partial charge in [-0.05, 0) is 45.2 Å². The summed E-state index contributed by atoms with van der Waals surface area (Å²) in [4.78, 5) is 26.9. The van der Waals surface area contributed by atoms with Gasteiger partial charge in [0.1, 0.15) is 11.8 Å². The van der Waals surface area contributed by atoms with E-state index in [1.165, 1.54) is 0 Å². The Bertz CT molecular complexity index is 798. The molecule has 1 aliphatic carbocycles. The first-order valence-electron chi connectivity index (χ1n) is 9.44. The van der Waals surface area contributed by atoms with Crippen molar-refractivity contribution < 1.29 is 24.2 Å². The van der Waals surface area contributed by atoms with Gasteiger partial charge in [-0.2, -0.15) is 0 Å². The van der Waals surface area contributed by atoms with Crippen molar-refractivity contribution in [2.45, 2.75) is 65.5 Å². The van der Waals surface area contributed by atoms with Crippen LogP contribution < -0.4 is 4.74 Å². The zero-order chi connectivity index (χ0) is 19.9. The van der Waals surface area contributed by atoms with Crippen LogP contribution in [0, 0.1) is 5.92 Å². The molecule has 1 N–H and O–H groups in total. The highest BCUT2D eigenvalue weighted by Gasteiger charge is 2.52. The molecule has 0 radical (unpaired) electrons. The maximum Gasteiger partial charge on any atom is 0.329 e. The number of hydrogen-bond acceptors (Lipinski definition) is 5. The highest BCUT2D eigenvalue weighted by atomic mass is 16.7. The molecule has 1 amide bonds. The molecule has 3 rings (SSSR count). The molecular weight excluding hydrogens is 346 g/mol. The van der Waals surface area contributed by atoms with Crippen LogP contribution in [0.15, 0.2) is 18.2 Å². The Kier molecular flexibility index (Phi) is 5.04. The highest BCUT2D eigenvalue weighted by Crippen LogP contribution is 2.42. The Hall–Kier alpha value is -2.34. The van der Waals surface area contributed by atoms with Gasteiger partial charge in [0.05, 0.1) is 11.7 Å². The predicted molar refractivity (Wildman–Crippen MR) is 101 cm³/mol. The largest absolute Gasteiger partial charge is 0.461 e. The van der Waals surface area contributed by atoms with Crippen molar-refractivity contribution in [3.05, 3.63) is 34.9 Å². The van der Waals surface area contributed by atoms with Crippen molar-refractivity contribution in [2.24, 2.45) is 5.92 Å². The molecule has 0 saturated heterocycles. The number of carbonyl (C=O) groups is 2. The molecule has 1 aliphatic heterocycles. The number of carbonyl (C=O) groups excluding carboxylic acids is 2. The summed E-state index contributed by atoms with van der Waals surface area (Å²) in [5.41, 5.74) is 2.24. The third-order valence-electron chi connectivity index (χ3n) is 5.03. The Balaban J connectivity index is 2.09. The lowest BCUT2D eigenvalue weighted by atomic mass is 9.91. The number of allylic oxidation sites excluding steroid dienone is 1. The van der Waals surface area contributed by atoms with Crippen LogP contribution in [-0.2, 0) is 16.0 Å². The lowest BCUT2D eigenvalue weighted by Gasteiger charge is -2.47. The van der Waals surface area contributed by atoms with Gasteiger partial charge in [-0.1, -0.05) is 32.1 Å². The van der Waals surface area contributed by atoms with Crippen LogP contribution in [0.25, 0.3) is 6.08 Å². The first-order chi connectivity index (χ1) is 12.7. The second kappa shape index (κ2) is 7.00. The van der Waals surface area contributed by atoms with Crippen molar-refractivity contribution in [3.63, 3.8) is 0 Å². The van der Waals surface area contributed by atoms with Crippen LogP contribution in [-0.4, -0.2) is 39.9 Å². The average molecular weight is 373 g/mol. The number of hydrogen-bond donors (Lipinski definition) is 1. The predicted octanol–water partition coefficient (Wildman–Crippen LogP) is 3.12. The number of ether oxygens (including phenoxy) is 2. The molecule has 6 nitrogen and oxygen atoms in total. The van der Waals surface area contributed by atoms with E-state index in [4.69, 9.17) is 9.47 Å². The second-order valence-electron chi connectivity index (χ2n) is 7.71. The van der Waals surface area contributed by atoms with Crippen molar-refractivity contribution in [1.82, 2.24) is 4.90 Å². The molecule has 1 aromatic rings. The maximum atomic E-state index is 13.3. The first kappa shape index (κ1) is 19.4. The normalized spacial score (nSPS) is 22.4. The standard InChI is InChI=1S/C21H27NO5/c1-12(2)21(25)22(14(5)20(24)26-13(3)4)19(23)17-11-10-15-8-6-7-9-16(15)18(17)27-21/h7,9-14,25H,6,8H2,1-5H3. The van der Waals surface area contributed by atoms with Gasteiger partial charge in [0, 0.05) is 11.5 Å². The molecule has 2 aliphatic rings. The first-order valence-corrected chi connectivity index (χ1v) is 9.44. The van der Waals surface area contributed by atoms with Gasteiger partial charge in [-0.3, -0.25) is 9.69 Å². The molecule has 0 bridgehead atoms.